The van der Waals surface area contributed by atoms with Crippen LogP contribution in [0.15, 0.2) is 4.99 Å². The molecule has 2 aliphatic carbocycles. The average Bonchev–Trinajstić information content (AvgIpc) is 3.20. The van der Waals surface area contributed by atoms with E-state index in [4.69, 9.17) is 4.74 Å². The van der Waals surface area contributed by atoms with E-state index in [1.165, 1.54) is 12.8 Å². The summed E-state index contributed by atoms with van der Waals surface area (Å²) in [5.74, 6) is 1.68. The molecule has 0 aliphatic heterocycles. The molecule has 0 aromatic rings. The first-order valence-corrected chi connectivity index (χ1v) is 8.42. The molecule has 2 saturated carbocycles. The molecular formula is C16H31N3O2. The van der Waals surface area contributed by atoms with Crippen LogP contribution >= 0.6 is 0 Å². The van der Waals surface area contributed by atoms with E-state index in [0.717, 1.165) is 63.9 Å². The monoisotopic (exact) mass is 297 g/mol. The molecule has 0 saturated heterocycles. The van der Waals surface area contributed by atoms with E-state index in [1.807, 2.05) is 7.05 Å². The number of aliphatic hydroxyl groups is 1. The summed E-state index contributed by atoms with van der Waals surface area (Å²) in [4.78, 5) is 6.71. The maximum Gasteiger partial charge on any atom is 0.193 e. The molecule has 0 aromatic heterocycles. The van der Waals surface area contributed by atoms with Crippen molar-refractivity contribution >= 4 is 5.96 Å². The van der Waals surface area contributed by atoms with Crippen LogP contribution in [0.3, 0.4) is 0 Å². The second-order valence-electron chi connectivity index (χ2n) is 6.54. The Morgan fingerprint density at radius 3 is 2.71 bits per heavy atom. The minimum Gasteiger partial charge on any atom is -0.388 e. The van der Waals surface area contributed by atoms with Crippen LogP contribution in [0.4, 0.5) is 0 Å². The Labute approximate surface area is 128 Å². The maximum atomic E-state index is 10.4. The van der Waals surface area contributed by atoms with Gasteiger partial charge in [-0.25, -0.2) is 0 Å². The lowest BCUT2D eigenvalue weighted by atomic mass is 10.0. The van der Waals surface area contributed by atoms with Crippen molar-refractivity contribution in [2.24, 2.45) is 10.9 Å². The molecule has 2 N–H and O–H groups in total. The molecule has 0 amide bonds. The molecule has 2 aliphatic rings. The van der Waals surface area contributed by atoms with Crippen molar-refractivity contribution < 1.29 is 9.84 Å². The molecule has 2 rings (SSSR count). The van der Waals surface area contributed by atoms with Gasteiger partial charge in [-0.15, -0.1) is 0 Å². The first-order chi connectivity index (χ1) is 10.1. The van der Waals surface area contributed by atoms with E-state index in [2.05, 4.69) is 22.1 Å². The van der Waals surface area contributed by atoms with E-state index in [-0.39, 0.29) is 0 Å². The van der Waals surface area contributed by atoms with Gasteiger partial charge in [-0.05, 0) is 38.5 Å². The summed E-state index contributed by atoms with van der Waals surface area (Å²) in [7, 11) is 2.03. The summed E-state index contributed by atoms with van der Waals surface area (Å²) < 4.78 is 5.68. The van der Waals surface area contributed by atoms with Gasteiger partial charge in [-0.3, -0.25) is 4.99 Å². The summed E-state index contributed by atoms with van der Waals surface area (Å²) in [5.41, 5.74) is -0.579. The number of hydrogen-bond acceptors (Lipinski definition) is 3. The van der Waals surface area contributed by atoms with Gasteiger partial charge < -0.3 is 20.1 Å². The fourth-order valence-corrected chi connectivity index (χ4v) is 2.72. The highest BCUT2D eigenvalue weighted by Crippen LogP contribution is 2.29. The van der Waals surface area contributed by atoms with Crippen LogP contribution in [0, 0.1) is 5.92 Å². The molecule has 122 valence electrons. The normalized spacial score (nSPS) is 21.6. The zero-order valence-electron chi connectivity index (χ0n) is 13.6. The smallest absolute Gasteiger partial charge is 0.193 e. The van der Waals surface area contributed by atoms with E-state index < -0.39 is 5.60 Å². The number of ether oxygens (including phenoxy) is 1. The third-order valence-corrected chi connectivity index (χ3v) is 4.38. The Kier molecular flexibility index (Phi) is 6.30. The van der Waals surface area contributed by atoms with E-state index in [0.29, 0.717) is 6.54 Å². The van der Waals surface area contributed by atoms with Crippen molar-refractivity contribution in [1.29, 1.82) is 0 Å². The quantitative estimate of drug-likeness (QED) is 0.406. The fourth-order valence-electron chi connectivity index (χ4n) is 2.72. The summed E-state index contributed by atoms with van der Waals surface area (Å²) in [6.07, 6.45) is 6.66. The van der Waals surface area contributed by atoms with E-state index >= 15 is 0 Å². The number of aliphatic imine (C=N–C) groups is 1. The Morgan fingerprint density at radius 2 is 2.10 bits per heavy atom. The highest BCUT2D eigenvalue weighted by Gasteiger charge is 2.31. The lowest BCUT2D eigenvalue weighted by Gasteiger charge is -2.25. The van der Waals surface area contributed by atoms with Crippen LogP contribution in [0.2, 0.25) is 0 Å². The van der Waals surface area contributed by atoms with Gasteiger partial charge >= 0.3 is 0 Å². The number of rotatable bonds is 8. The van der Waals surface area contributed by atoms with Crippen LogP contribution in [-0.2, 0) is 4.74 Å². The summed E-state index contributed by atoms with van der Waals surface area (Å²) in [6, 6.07) is 0. The number of hydrogen-bond donors (Lipinski definition) is 2. The molecule has 0 spiro atoms. The van der Waals surface area contributed by atoms with Gasteiger partial charge in [0.25, 0.3) is 0 Å². The van der Waals surface area contributed by atoms with Gasteiger partial charge in [0.2, 0.25) is 0 Å². The fraction of sp³-hybridized carbons (Fsp3) is 0.938. The molecule has 2 fully saturated rings. The van der Waals surface area contributed by atoms with Gasteiger partial charge in [0.1, 0.15) is 0 Å². The Morgan fingerprint density at radius 1 is 1.38 bits per heavy atom. The van der Waals surface area contributed by atoms with Gasteiger partial charge in [-0.2, -0.15) is 0 Å². The SMILES string of the molecule is CCNC(=NCC1(O)CCCC1)N(C)CCOCC1CC1. The highest BCUT2D eigenvalue weighted by molar-refractivity contribution is 5.79. The summed E-state index contributed by atoms with van der Waals surface area (Å²) in [5, 5.41) is 13.7. The molecule has 21 heavy (non-hydrogen) atoms. The number of likely N-dealkylation sites (N-methyl/N-ethyl adjacent to an activating group) is 1. The molecule has 5 nitrogen and oxygen atoms in total. The van der Waals surface area contributed by atoms with Crippen molar-refractivity contribution in [2.45, 2.75) is 51.0 Å². The van der Waals surface area contributed by atoms with Crippen LogP contribution in [-0.4, -0.2) is 61.5 Å². The summed E-state index contributed by atoms with van der Waals surface area (Å²) in [6.45, 7) is 5.88. The molecule has 0 heterocycles. The largest absolute Gasteiger partial charge is 0.388 e. The van der Waals surface area contributed by atoms with Crippen LogP contribution in [0.1, 0.15) is 45.4 Å². The van der Waals surface area contributed by atoms with E-state index in [1.54, 1.807) is 0 Å². The molecule has 0 atom stereocenters. The minimum atomic E-state index is -0.579. The standard InChI is InChI=1S/C16H31N3O2/c1-3-17-15(18-13-16(20)8-4-5-9-16)19(2)10-11-21-12-14-6-7-14/h14,20H,3-13H2,1-2H3,(H,17,18). The minimum absolute atomic E-state index is 0.503. The first kappa shape index (κ1) is 16.6. The number of guanidine groups is 1. The molecule has 0 unspecified atom stereocenters. The first-order valence-electron chi connectivity index (χ1n) is 8.42. The van der Waals surface area contributed by atoms with Crippen LogP contribution in [0.5, 0.6) is 0 Å². The third kappa shape index (κ3) is 5.83. The molecule has 0 aromatic carbocycles. The number of nitrogens with one attached hydrogen (secondary N) is 1. The lowest BCUT2D eigenvalue weighted by molar-refractivity contribution is 0.0571. The Balaban J connectivity index is 1.74. The third-order valence-electron chi connectivity index (χ3n) is 4.38. The average molecular weight is 297 g/mol. The van der Waals surface area contributed by atoms with Crippen molar-refractivity contribution in [1.82, 2.24) is 10.2 Å². The predicted octanol–water partition coefficient (Wildman–Crippen LogP) is 1.62. The van der Waals surface area contributed by atoms with Gasteiger partial charge in [0, 0.05) is 26.7 Å². The van der Waals surface area contributed by atoms with Crippen molar-refractivity contribution in [3.8, 4) is 0 Å². The molecule has 5 heteroatoms. The van der Waals surface area contributed by atoms with E-state index in [9.17, 15) is 5.11 Å². The van der Waals surface area contributed by atoms with Gasteiger partial charge in [0.15, 0.2) is 5.96 Å². The topological polar surface area (TPSA) is 57.1 Å². The highest BCUT2D eigenvalue weighted by atomic mass is 16.5. The zero-order chi connectivity index (χ0) is 15.1. The number of nitrogens with zero attached hydrogens (tertiary/aromatic N) is 2. The molecule has 0 bridgehead atoms. The second-order valence-corrected chi connectivity index (χ2v) is 6.54. The van der Waals surface area contributed by atoms with Gasteiger partial charge in [0.05, 0.1) is 18.8 Å². The molecule has 0 radical (unpaired) electrons. The Hall–Kier alpha value is -0.810. The second kappa shape index (κ2) is 7.99. The predicted molar refractivity (Wildman–Crippen MR) is 85.6 cm³/mol. The lowest BCUT2D eigenvalue weighted by Crippen LogP contribution is -2.42. The van der Waals surface area contributed by atoms with Crippen molar-refractivity contribution in [2.75, 3.05) is 39.9 Å². The van der Waals surface area contributed by atoms with Crippen LogP contribution < -0.4 is 5.32 Å². The van der Waals surface area contributed by atoms with Crippen molar-refractivity contribution in [3.05, 3.63) is 0 Å². The Bertz CT molecular complexity index is 336. The summed E-state index contributed by atoms with van der Waals surface area (Å²) >= 11 is 0. The maximum absolute atomic E-state index is 10.4. The van der Waals surface area contributed by atoms with Gasteiger partial charge in [-0.1, -0.05) is 12.8 Å². The zero-order valence-corrected chi connectivity index (χ0v) is 13.6. The van der Waals surface area contributed by atoms with Crippen molar-refractivity contribution in [3.63, 3.8) is 0 Å². The van der Waals surface area contributed by atoms with Crippen LogP contribution in [0.25, 0.3) is 0 Å². The molecular weight excluding hydrogens is 266 g/mol.